The van der Waals surface area contributed by atoms with E-state index in [-0.39, 0.29) is 17.3 Å². The lowest BCUT2D eigenvalue weighted by molar-refractivity contribution is -0.136. The molecular formula is C31H34F3N3O3. The molecule has 212 valence electrons. The van der Waals surface area contributed by atoms with Crippen molar-refractivity contribution in [3.63, 3.8) is 0 Å². The predicted molar refractivity (Wildman–Crippen MR) is 152 cm³/mol. The van der Waals surface area contributed by atoms with Gasteiger partial charge in [0.25, 0.3) is 0 Å². The summed E-state index contributed by atoms with van der Waals surface area (Å²) in [4.78, 5) is 27.3. The highest BCUT2D eigenvalue weighted by molar-refractivity contribution is 6.03. The first-order valence-electron chi connectivity index (χ1n) is 13.5. The molecule has 0 unspecified atom stereocenters. The van der Waals surface area contributed by atoms with Gasteiger partial charge in [0.05, 0.1) is 28.2 Å². The zero-order valence-corrected chi connectivity index (χ0v) is 22.6. The molecule has 0 spiro atoms. The largest absolute Gasteiger partial charge is 0.478 e. The van der Waals surface area contributed by atoms with Crippen LogP contribution in [0.4, 0.5) is 35.0 Å². The van der Waals surface area contributed by atoms with Crippen LogP contribution < -0.4 is 15.5 Å². The second-order valence-electron chi connectivity index (χ2n) is 10.5. The number of amides is 2. The van der Waals surface area contributed by atoms with Crippen molar-refractivity contribution in [2.24, 2.45) is 5.92 Å². The number of alkyl halides is 3. The maximum Gasteiger partial charge on any atom is 0.418 e. The molecule has 1 aliphatic carbocycles. The van der Waals surface area contributed by atoms with Gasteiger partial charge in [-0.2, -0.15) is 13.2 Å². The molecule has 0 atom stereocenters. The highest BCUT2D eigenvalue weighted by Crippen LogP contribution is 2.38. The molecule has 3 aromatic rings. The minimum Gasteiger partial charge on any atom is -0.478 e. The number of carboxylic acid groups (broad SMARTS) is 1. The molecule has 1 saturated carbocycles. The predicted octanol–water partition coefficient (Wildman–Crippen LogP) is 8.51. The van der Waals surface area contributed by atoms with Crippen molar-refractivity contribution in [2.75, 3.05) is 22.1 Å². The molecule has 0 radical (unpaired) electrons. The summed E-state index contributed by atoms with van der Waals surface area (Å²) in [5.41, 5.74) is 0.991. The van der Waals surface area contributed by atoms with Gasteiger partial charge in [0.2, 0.25) is 0 Å². The highest BCUT2D eigenvalue weighted by atomic mass is 19.4. The number of hydrogen-bond acceptors (Lipinski definition) is 3. The number of carbonyl (C=O) groups is 2. The maximum absolute atomic E-state index is 13.5. The Morgan fingerprint density at radius 3 is 2.25 bits per heavy atom. The monoisotopic (exact) mass is 553 g/mol. The quantitative estimate of drug-likeness (QED) is 0.261. The summed E-state index contributed by atoms with van der Waals surface area (Å²) in [6.45, 7) is 4.95. The Morgan fingerprint density at radius 1 is 0.925 bits per heavy atom. The molecule has 0 bridgehead atoms. The average Bonchev–Trinajstić information content (AvgIpc) is 2.92. The van der Waals surface area contributed by atoms with Crippen LogP contribution in [-0.2, 0) is 6.18 Å². The number of carbonyl (C=O) groups excluding carboxylic acids is 1. The number of nitrogens with one attached hydrogen (secondary N) is 2. The lowest BCUT2D eigenvalue weighted by Crippen LogP contribution is -2.40. The molecule has 1 aliphatic rings. The Bertz CT molecular complexity index is 1350. The molecule has 0 aromatic heterocycles. The fraction of sp³-hybridized carbons (Fsp3) is 0.355. The summed E-state index contributed by atoms with van der Waals surface area (Å²) in [6.07, 6.45) is 0.733. The van der Waals surface area contributed by atoms with Gasteiger partial charge < -0.3 is 20.6 Å². The summed E-state index contributed by atoms with van der Waals surface area (Å²) < 4.78 is 40.6. The van der Waals surface area contributed by atoms with E-state index in [1.54, 1.807) is 24.3 Å². The van der Waals surface area contributed by atoms with E-state index in [9.17, 15) is 27.9 Å². The first-order chi connectivity index (χ1) is 19.0. The number of anilines is 3. The van der Waals surface area contributed by atoms with E-state index in [4.69, 9.17) is 0 Å². The molecule has 1 fully saturated rings. The van der Waals surface area contributed by atoms with Crippen LogP contribution in [0.3, 0.4) is 0 Å². The molecular weight excluding hydrogens is 519 g/mol. The van der Waals surface area contributed by atoms with E-state index in [0.29, 0.717) is 22.7 Å². The number of urea groups is 1. The Morgan fingerprint density at radius 2 is 1.57 bits per heavy atom. The Kier molecular flexibility index (Phi) is 9.02. The molecule has 2 amide bonds. The van der Waals surface area contributed by atoms with Gasteiger partial charge >= 0.3 is 18.2 Å². The van der Waals surface area contributed by atoms with Crippen molar-refractivity contribution in [3.8, 4) is 11.1 Å². The Labute approximate surface area is 232 Å². The van der Waals surface area contributed by atoms with Crippen molar-refractivity contribution in [2.45, 2.75) is 58.2 Å². The van der Waals surface area contributed by atoms with Gasteiger partial charge in [-0.1, -0.05) is 69.5 Å². The molecule has 40 heavy (non-hydrogen) atoms. The Balaban J connectivity index is 1.76. The number of carboxylic acids is 1. The van der Waals surface area contributed by atoms with Crippen LogP contribution in [-0.4, -0.2) is 29.7 Å². The van der Waals surface area contributed by atoms with Crippen LogP contribution in [0.2, 0.25) is 0 Å². The minimum atomic E-state index is -4.63. The average molecular weight is 554 g/mol. The van der Waals surface area contributed by atoms with Crippen LogP contribution in [0, 0.1) is 5.92 Å². The normalized spacial score (nSPS) is 14.2. The summed E-state index contributed by atoms with van der Waals surface area (Å²) in [5.74, 6) is -0.769. The zero-order valence-electron chi connectivity index (χ0n) is 22.6. The molecule has 3 aromatic carbocycles. The van der Waals surface area contributed by atoms with E-state index >= 15 is 0 Å². The van der Waals surface area contributed by atoms with E-state index in [0.717, 1.165) is 44.0 Å². The number of aromatic carboxylic acids is 1. The standard InChI is InChI=1S/C31H34F3N3O3/c1-20(2)19-37(22-10-4-3-5-11-22)28-17-16-21(23-12-6-7-13-24(23)29(38)39)18-27(28)36-30(40)35-26-15-9-8-14-25(26)31(32,33)34/h6-9,12-18,20,22H,3-5,10-11,19H2,1-2H3,(H,38,39)(H2,35,36,40). The third-order valence-corrected chi connectivity index (χ3v) is 7.08. The van der Waals surface area contributed by atoms with Gasteiger partial charge in [-0.15, -0.1) is 0 Å². The third-order valence-electron chi connectivity index (χ3n) is 7.08. The third kappa shape index (κ3) is 6.94. The van der Waals surface area contributed by atoms with Crippen LogP contribution >= 0.6 is 0 Å². The second kappa shape index (κ2) is 12.4. The van der Waals surface area contributed by atoms with Gasteiger partial charge in [0.15, 0.2) is 0 Å². The molecule has 4 rings (SSSR count). The fourth-order valence-corrected chi connectivity index (χ4v) is 5.32. The van der Waals surface area contributed by atoms with E-state index in [2.05, 4.69) is 29.4 Å². The number of para-hydroxylation sites is 1. The van der Waals surface area contributed by atoms with E-state index < -0.39 is 23.7 Å². The van der Waals surface area contributed by atoms with Crippen molar-refractivity contribution in [1.82, 2.24) is 0 Å². The van der Waals surface area contributed by atoms with E-state index in [1.807, 2.05) is 12.1 Å². The molecule has 0 heterocycles. The van der Waals surface area contributed by atoms with Crippen LogP contribution in [0.5, 0.6) is 0 Å². The smallest absolute Gasteiger partial charge is 0.418 e. The first-order valence-corrected chi connectivity index (χ1v) is 13.5. The maximum atomic E-state index is 13.5. The number of halogens is 3. The summed E-state index contributed by atoms with van der Waals surface area (Å²) >= 11 is 0. The first kappa shape index (κ1) is 29.0. The summed E-state index contributed by atoms with van der Waals surface area (Å²) in [7, 11) is 0. The van der Waals surface area contributed by atoms with Gasteiger partial charge in [0, 0.05) is 12.6 Å². The topological polar surface area (TPSA) is 81.7 Å². The van der Waals surface area contributed by atoms with Gasteiger partial charge in [-0.25, -0.2) is 9.59 Å². The van der Waals surface area contributed by atoms with Gasteiger partial charge in [-0.05, 0) is 60.2 Å². The number of rotatable bonds is 8. The van der Waals surface area contributed by atoms with Gasteiger partial charge in [0.1, 0.15) is 0 Å². The highest BCUT2D eigenvalue weighted by Gasteiger charge is 2.33. The van der Waals surface area contributed by atoms with Crippen LogP contribution in [0.15, 0.2) is 66.7 Å². The molecule has 3 N–H and O–H groups in total. The van der Waals surface area contributed by atoms with E-state index in [1.165, 1.54) is 30.7 Å². The zero-order chi connectivity index (χ0) is 28.9. The second-order valence-corrected chi connectivity index (χ2v) is 10.5. The lowest BCUT2D eigenvalue weighted by Gasteiger charge is -2.38. The van der Waals surface area contributed by atoms with Crippen LogP contribution in [0.25, 0.3) is 11.1 Å². The molecule has 9 heteroatoms. The SMILES string of the molecule is CC(C)CN(c1ccc(-c2ccccc2C(=O)O)cc1NC(=O)Nc1ccccc1C(F)(F)F)C1CCCCC1. The minimum absolute atomic E-state index is 0.107. The van der Waals surface area contributed by atoms with Crippen molar-refractivity contribution in [3.05, 3.63) is 77.9 Å². The fourth-order valence-electron chi connectivity index (χ4n) is 5.32. The van der Waals surface area contributed by atoms with Crippen LogP contribution in [0.1, 0.15) is 61.9 Å². The molecule has 0 saturated heterocycles. The number of hydrogen-bond donors (Lipinski definition) is 3. The van der Waals surface area contributed by atoms with Crippen molar-refractivity contribution < 1.29 is 27.9 Å². The number of benzene rings is 3. The summed E-state index contributed by atoms with van der Waals surface area (Å²) in [6, 6.07) is 16.2. The number of nitrogens with zero attached hydrogens (tertiary/aromatic N) is 1. The van der Waals surface area contributed by atoms with Crippen molar-refractivity contribution >= 4 is 29.1 Å². The molecule has 0 aliphatic heterocycles. The molecule has 6 nitrogen and oxygen atoms in total. The lowest BCUT2D eigenvalue weighted by atomic mass is 9.92. The summed E-state index contributed by atoms with van der Waals surface area (Å²) in [5, 5.41) is 14.9. The Hall–Kier alpha value is -4.01. The van der Waals surface area contributed by atoms with Crippen molar-refractivity contribution in [1.29, 1.82) is 0 Å². The van der Waals surface area contributed by atoms with Gasteiger partial charge in [-0.3, -0.25) is 0 Å².